The summed E-state index contributed by atoms with van der Waals surface area (Å²) < 4.78 is 0. The van der Waals surface area contributed by atoms with Crippen LogP contribution in [0.3, 0.4) is 0 Å². The van der Waals surface area contributed by atoms with Gasteiger partial charge in [-0.25, -0.2) is 0 Å². The van der Waals surface area contributed by atoms with Crippen molar-refractivity contribution in [3.63, 3.8) is 0 Å². The molecule has 0 saturated carbocycles. The number of aliphatic hydroxyl groups is 3. The first-order valence-corrected chi connectivity index (χ1v) is 1.71. The van der Waals surface area contributed by atoms with E-state index in [0.717, 1.165) is 0 Å². The van der Waals surface area contributed by atoms with Gasteiger partial charge in [0.05, 0.1) is 13.2 Å². The molecular weight excluding hydrogens is 221 g/mol. The Morgan fingerprint density at radius 2 is 1.57 bits per heavy atom. The summed E-state index contributed by atoms with van der Waals surface area (Å²) >= 11 is 0. The first-order valence-electron chi connectivity index (χ1n) is 1.71. The summed E-state index contributed by atoms with van der Waals surface area (Å²) in [6.07, 6.45) is -0.954. The van der Waals surface area contributed by atoms with E-state index in [2.05, 4.69) is 0 Å². The molecule has 42 valence electrons. The summed E-state index contributed by atoms with van der Waals surface area (Å²) in [6.45, 7) is -0.729. The Morgan fingerprint density at radius 3 is 1.57 bits per heavy atom. The van der Waals surface area contributed by atoms with Crippen LogP contribution in [0.25, 0.3) is 0 Å². The molecule has 0 fully saturated rings. The number of aliphatic hydroxyl groups excluding tert-OH is 3. The summed E-state index contributed by atoms with van der Waals surface area (Å²) in [4.78, 5) is 0. The summed E-state index contributed by atoms with van der Waals surface area (Å²) in [5.74, 6) is 0. The molecule has 7 heavy (non-hydrogen) atoms. The molecule has 0 unspecified atom stereocenters. The molecule has 0 heterocycles. The van der Waals surface area contributed by atoms with Crippen LogP contribution in [0.5, 0.6) is 0 Å². The summed E-state index contributed by atoms with van der Waals surface area (Å²) in [5.41, 5.74) is 0. The van der Waals surface area contributed by atoms with Gasteiger partial charge in [-0.3, -0.25) is 0 Å². The van der Waals surface area contributed by atoms with Crippen molar-refractivity contribution in [2.24, 2.45) is 0 Å². The van der Waals surface area contributed by atoms with Gasteiger partial charge >= 0.3 is 48.9 Å². The summed E-state index contributed by atoms with van der Waals surface area (Å²) in [7, 11) is 0. The maximum Gasteiger partial charge on any atom is 2.00 e. The van der Waals surface area contributed by atoms with Crippen LogP contribution in [0.1, 0.15) is 2.85 Å². The van der Waals surface area contributed by atoms with E-state index in [0.29, 0.717) is 0 Å². The van der Waals surface area contributed by atoms with Gasteiger partial charge in [0.25, 0.3) is 0 Å². The molecule has 0 bridgehead atoms. The zero-order chi connectivity index (χ0) is 4.99. The van der Waals surface area contributed by atoms with Gasteiger partial charge in [0, 0.05) is 0 Å². The van der Waals surface area contributed by atoms with E-state index < -0.39 is 6.10 Å². The van der Waals surface area contributed by atoms with E-state index in [1.807, 2.05) is 0 Å². The molecule has 0 aliphatic rings. The van der Waals surface area contributed by atoms with Crippen molar-refractivity contribution in [2.75, 3.05) is 13.2 Å². The second kappa shape index (κ2) is 7.45. The molecule has 0 aromatic carbocycles. The standard InChI is InChI=1S/C3H8O3.Ba.2H/c4-1-3(6)2-5;;;/h3-6H,1-2H2;;;/q;+2;2*-1. The van der Waals surface area contributed by atoms with Crippen LogP contribution < -0.4 is 0 Å². The second-order valence-corrected chi connectivity index (χ2v) is 1.02. The first kappa shape index (κ1) is 11.3. The van der Waals surface area contributed by atoms with Crippen LogP contribution in [0.2, 0.25) is 0 Å². The molecule has 0 rings (SSSR count). The van der Waals surface area contributed by atoms with Gasteiger partial charge in [0.15, 0.2) is 0 Å². The molecular formula is C3H10BaO3. The number of hydrogen-bond donors (Lipinski definition) is 3. The third-order valence-corrected chi connectivity index (χ3v) is 0.421. The van der Waals surface area contributed by atoms with Gasteiger partial charge < -0.3 is 18.2 Å². The molecule has 0 atom stereocenters. The van der Waals surface area contributed by atoms with E-state index in [4.69, 9.17) is 15.3 Å². The van der Waals surface area contributed by atoms with Gasteiger partial charge in [-0.15, -0.1) is 0 Å². The molecule has 0 saturated heterocycles. The molecule has 0 aromatic heterocycles. The molecule has 3 nitrogen and oxygen atoms in total. The smallest absolute Gasteiger partial charge is 1.00 e. The third-order valence-electron chi connectivity index (χ3n) is 0.421. The van der Waals surface area contributed by atoms with Crippen LogP contribution in [0.15, 0.2) is 0 Å². The van der Waals surface area contributed by atoms with Gasteiger partial charge in [0.1, 0.15) is 6.10 Å². The maximum atomic E-state index is 8.17. The fraction of sp³-hybridized carbons (Fsp3) is 1.00. The molecule has 0 radical (unpaired) electrons. The normalized spacial score (nSPS) is 8.57. The van der Waals surface area contributed by atoms with Crippen molar-refractivity contribution in [2.45, 2.75) is 6.10 Å². The van der Waals surface area contributed by atoms with Gasteiger partial charge in [0.2, 0.25) is 0 Å². The Balaban J connectivity index is -0.0000000417. The van der Waals surface area contributed by atoms with Crippen LogP contribution in [-0.4, -0.2) is 83.5 Å². The SMILES string of the molecule is OCC(O)CO.[Ba+2].[H-].[H-]. The third kappa shape index (κ3) is 7.45. The summed E-state index contributed by atoms with van der Waals surface area (Å²) in [6, 6.07) is 0. The molecule has 4 heteroatoms. The Hall–Kier alpha value is 1.45. The minimum Gasteiger partial charge on any atom is -1.00 e. The largest absolute Gasteiger partial charge is 2.00 e. The minimum absolute atomic E-state index is 0. The van der Waals surface area contributed by atoms with Crippen molar-refractivity contribution >= 4 is 48.9 Å². The van der Waals surface area contributed by atoms with E-state index >= 15 is 0 Å². The zero-order valence-corrected chi connectivity index (χ0v) is 8.48. The Kier molecular flexibility index (Phi) is 12.0. The van der Waals surface area contributed by atoms with Gasteiger partial charge in [-0.05, 0) is 0 Å². The van der Waals surface area contributed by atoms with E-state index in [1.54, 1.807) is 0 Å². The number of rotatable bonds is 2. The van der Waals surface area contributed by atoms with E-state index in [9.17, 15) is 0 Å². The van der Waals surface area contributed by atoms with Crippen LogP contribution in [0, 0.1) is 0 Å². The monoisotopic (exact) mass is 232 g/mol. The number of hydrogen-bond acceptors (Lipinski definition) is 3. The van der Waals surface area contributed by atoms with Crippen molar-refractivity contribution in [1.29, 1.82) is 0 Å². The second-order valence-electron chi connectivity index (χ2n) is 1.02. The van der Waals surface area contributed by atoms with Gasteiger partial charge in [-0.2, -0.15) is 0 Å². The van der Waals surface area contributed by atoms with Crippen LogP contribution in [-0.2, 0) is 0 Å². The first-order chi connectivity index (χ1) is 2.81. The molecule has 0 aromatic rings. The van der Waals surface area contributed by atoms with Crippen molar-refractivity contribution in [3.05, 3.63) is 0 Å². The molecule has 0 aliphatic heterocycles. The Morgan fingerprint density at radius 1 is 1.29 bits per heavy atom. The molecule has 0 spiro atoms. The average Bonchev–Trinajstić information content (AvgIpc) is 1.65. The van der Waals surface area contributed by atoms with E-state index in [1.165, 1.54) is 0 Å². The molecule has 3 N–H and O–H groups in total. The zero-order valence-electron chi connectivity index (χ0n) is 6.04. The maximum absolute atomic E-state index is 8.17. The van der Waals surface area contributed by atoms with Gasteiger partial charge in [-0.1, -0.05) is 0 Å². The topological polar surface area (TPSA) is 60.7 Å². The minimum atomic E-state index is -0.954. The Bertz CT molecular complexity index is 36.2. The Labute approximate surface area is 85.4 Å². The molecule has 0 amide bonds. The fourth-order valence-corrected chi connectivity index (χ4v) is 0.0577. The summed E-state index contributed by atoms with van der Waals surface area (Å²) in [5, 5.41) is 24.0. The average molecular weight is 231 g/mol. The van der Waals surface area contributed by atoms with Crippen molar-refractivity contribution in [3.8, 4) is 0 Å². The van der Waals surface area contributed by atoms with Crippen LogP contribution >= 0.6 is 0 Å². The van der Waals surface area contributed by atoms with Crippen molar-refractivity contribution in [1.82, 2.24) is 0 Å². The molecule has 0 aliphatic carbocycles. The fourth-order valence-electron chi connectivity index (χ4n) is 0.0577. The van der Waals surface area contributed by atoms with Crippen molar-refractivity contribution < 1.29 is 18.2 Å². The quantitative estimate of drug-likeness (QED) is 0.490. The van der Waals surface area contributed by atoms with Crippen LogP contribution in [0.4, 0.5) is 0 Å². The predicted octanol–water partition coefficient (Wildman–Crippen LogP) is -1.82. The van der Waals surface area contributed by atoms with E-state index in [-0.39, 0.29) is 64.9 Å². The predicted molar refractivity (Wildman–Crippen MR) is 28.2 cm³/mol.